The Kier molecular flexibility index (Phi) is 11.9. The van der Waals surface area contributed by atoms with Crippen molar-refractivity contribution in [3.8, 4) is 0 Å². The minimum absolute atomic E-state index is 0.0161. The van der Waals surface area contributed by atoms with Crippen molar-refractivity contribution >= 4 is 47.1 Å². The van der Waals surface area contributed by atoms with Gasteiger partial charge in [-0.25, -0.2) is 4.79 Å². The summed E-state index contributed by atoms with van der Waals surface area (Å²) in [5, 5.41) is 37.9. The number of amides is 2. The van der Waals surface area contributed by atoms with Gasteiger partial charge in [0.1, 0.15) is 17.7 Å². The van der Waals surface area contributed by atoms with Crippen molar-refractivity contribution in [2.75, 3.05) is 18.6 Å². The van der Waals surface area contributed by atoms with Crippen molar-refractivity contribution in [2.24, 2.45) is 34.5 Å². The van der Waals surface area contributed by atoms with Gasteiger partial charge in [0.25, 0.3) is 0 Å². The Morgan fingerprint density at radius 2 is 1.77 bits per heavy atom. The van der Waals surface area contributed by atoms with Crippen LogP contribution in [0.5, 0.6) is 0 Å². The summed E-state index contributed by atoms with van der Waals surface area (Å²) in [6, 6.07) is -2.11. The van der Waals surface area contributed by atoms with E-state index in [1.54, 1.807) is 19.9 Å². The molecule has 2 amide bonds. The maximum Gasteiger partial charge on any atom is 0.326 e. The smallest absolute Gasteiger partial charge is 0.326 e. The van der Waals surface area contributed by atoms with Gasteiger partial charge in [0.15, 0.2) is 12.4 Å². The van der Waals surface area contributed by atoms with Gasteiger partial charge in [0.2, 0.25) is 17.6 Å². The molecule has 0 heterocycles. The molecule has 12 nitrogen and oxygen atoms in total. The lowest BCUT2D eigenvalue weighted by Gasteiger charge is -2.60. The fourth-order valence-electron chi connectivity index (χ4n) is 9.24. The molecule has 0 unspecified atom stereocenters. The Balaban J connectivity index is 1.31. The first kappa shape index (κ1) is 38.0. The summed E-state index contributed by atoms with van der Waals surface area (Å²) in [4.78, 5) is 75.3. The standard InChI is InChI=1S/C35H52N2O10S/c1-19(2)30(31(43)36-24(32(44)45)12-15-48-5)37-27(41)8-9-28(42)47-18-26(40)35(46)14-11-23-22-7-6-20-16-21(38)10-13-33(20,3)29(22)25(39)17-34(23,35)4/h16,19,22-25,29-30,39,46H,6-15,17-18H2,1-5H3,(H,36,43)(H,37,41)(H,44,45)/t22-,23+,24-,25+,29+,30+,33-,34-,35-/m0/s1. The molecule has 0 aromatic carbocycles. The van der Waals surface area contributed by atoms with Crippen LogP contribution in [0, 0.1) is 34.5 Å². The number of carboxylic acids is 1. The molecule has 4 aliphatic rings. The number of ether oxygens (including phenoxy) is 1. The van der Waals surface area contributed by atoms with Crippen molar-refractivity contribution in [3.63, 3.8) is 0 Å². The van der Waals surface area contributed by atoms with E-state index in [9.17, 15) is 44.1 Å². The number of carbonyl (C=O) groups is 6. The van der Waals surface area contributed by atoms with E-state index >= 15 is 0 Å². The third kappa shape index (κ3) is 7.38. The molecule has 0 aromatic rings. The number of rotatable bonds is 14. The predicted molar refractivity (Wildman–Crippen MR) is 178 cm³/mol. The van der Waals surface area contributed by atoms with Crippen molar-refractivity contribution in [3.05, 3.63) is 11.6 Å². The number of aliphatic hydroxyl groups excluding tert-OH is 1. The van der Waals surface area contributed by atoms with Crippen LogP contribution in [-0.4, -0.2) is 93.0 Å². The average Bonchev–Trinajstić information content (AvgIpc) is 3.29. The number of carbonyl (C=O) groups excluding carboxylic acids is 5. The van der Waals surface area contributed by atoms with E-state index in [0.717, 1.165) is 18.4 Å². The largest absolute Gasteiger partial charge is 0.480 e. The van der Waals surface area contributed by atoms with Crippen molar-refractivity contribution in [1.82, 2.24) is 10.6 Å². The highest BCUT2D eigenvalue weighted by molar-refractivity contribution is 7.98. The molecule has 0 spiro atoms. The second kappa shape index (κ2) is 15.0. The van der Waals surface area contributed by atoms with Gasteiger partial charge >= 0.3 is 11.9 Å². The number of thioether (sulfide) groups is 1. The fraction of sp³-hybridized carbons (Fsp3) is 0.771. The molecule has 0 radical (unpaired) electrons. The number of Topliss-reactive ketones (excluding diaryl/α,β-unsaturated/α-hetero) is 1. The second-order valence-electron chi connectivity index (χ2n) is 15.0. The first-order valence-electron chi connectivity index (χ1n) is 17.1. The average molecular weight is 693 g/mol. The van der Waals surface area contributed by atoms with Crippen LogP contribution >= 0.6 is 11.8 Å². The van der Waals surface area contributed by atoms with Crippen LogP contribution in [0.25, 0.3) is 0 Å². The van der Waals surface area contributed by atoms with Gasteiger partial charge in [-0.2, -0.15) is 11.8 Å². The zero-order chi connectivity index (χ0) is 35.6. The van der Waals surface area contributed by atoms with Crippen LogP contribution < -0.4 is 10.6 Å². The summed E-state index contributed by atoms with van der Waals surface area (Å²) in [5.41, 5.74) is -1.90. The van der Waals surface area contributed by atoms with Crippen LogP contribution in [0.15, 0.2) is 11.6 Å². The molecule has 13 heteroatoms. The lowest BCUT2D eigenvalue weighted by Crippen LogP contribution is -2.62. The number of aliphatic carboxylic acids is 1. The first-order valence-corrected chi connectivity index (χ1v) is 18.5. The number of carboxylic acid groups (broad SMARTS) is 1. The number of aliphatic hydroxyl groups is 2. The molecule has 4 aliphatic carbocycles. The number of ketones is 2. The summed E-state index contributed by atoms with van der Waals surface area (Å²) in [6.45, 7) is 6.73. The maximum atomic E-state index is 13.5. The Hall–Kier alpha value is -2.77. The zero-order valence-electron chi connectivity index (χ0n) is 28.7. The topological polar surface area (TPSA) is 196 Å². The van der Waals surface area contributed by atoms with E-state index in [1.165, 1.54) is 11.8 Å². The summed E-state index contributed by atoms with van der Waals surface area (Å²) in [7, 11) is 0. The molecule has 5 N–H and O–H groups in total. The highest BCUT2D eigenvalue weighted by Gasteiger charge is 2.68. The Morgan fingerprint density at radius 3 is 2.42 bits per heavy atom. The minimum Gasteiger partial charge on any atom is -0.480 e. The first-order chi connectivity index (χ1) is 22.5. The number of esters is 1. The second-order valence-corrected chi connectivity index (χ2v) is 16.0. The Bertz CT molecular complexity index is 1330. The van der Waals surface area contributed by atoms with E-state index < -0.39 is 65.3 Å². The third-order valence-electron chi connectivity index (χ3n) is 11.9. The van der Waals surface area contributed by atoms with E-state index in [0.29, 0.717) is 25.0 Å². The van der Waals surface area contributed by atoms with Gasteiger partial charge in [-0.15, -0.1) is 0 Å². The number of hydrogen-bond donors (Lipinski definition) is 5. The van der Waals surface area contributed by atoms with Gasteiger partial charge in [-0.1, -0.05) is 33.3 Å². The van der Waals surface area contributed by atoms with Crippen molar-refractivity contribution < 1.29 is 48.8 Å². The Labute approximate surface area is 286 Å². The summed E-state index contributed by atoms with van der Waals surface area (Å²) in [6.07, 6.45) is 6.04. The molecule has 268 valence electrons. The summed E-state index contributed by atoms with van der Waals surface area (Å²) < 4.78 is 5.23. The maximum absolute atomic E-state index is 13.5. The fourth-order valence-corrected chi connectivity index (χ4v) is 9.71. The minimum atomic E-state index is -1.79. The lowest BCUT2D eigenvalue weighted by molar-refractivity contribution is -0.184. The van der Waals surface area contributed by atoms with E-state index in [-0.39, 0.29) is 67.0 Å². The highest BCUT2D eigenvalue weighted by atomic mass is 32.2. The predicted octanol–water partition coefficient (Wildman–Crippen LogP) is 2.58. The van der Waals surface area contributed by atoms with Crippen LogP contribution in [0.4, 0.5) is 0 Å². The van der Waals surface area contributed by atoms with Gasteiger partial charge in [-0.3, -0.25) is 24.0 Å². The van der Waals surface area contributed by atoms with Crippen LogP contribution in [0.2, 0.25) is 0 Å². The molecule has 3 saturated carbocycles. The highest BCUT2D eigenvalue weighted by Crippen LogP contribution is 2.67. The van der Waals surface area contributed by atoms with E-state index in [1.807, 2.05) is 13.2 Å². The SMILES string of the molecule is CSCC[C@H](NC(=O)[C@H](NC(=O)CCC(=O)OCC(=O)[C@@]1(O)CC[C@@H]2[C@@H]3CCC4=CC(=O)CC[C@]4(C)[C@H]3[C@H](O)C[C@@]21C)C(C)C)C(=O)O. The lowest BCUT2D eigenvalue weighted by atomic mass is 9.45. The van der Waals surface area contributed by atoms with Crippen LogP contribution in [-0.2, 0) is 33.5 Å². The third-order valence-corrected chi connectivity index (χ3v) is 12.6. The van der Waals surface area contributed by atoms with Crippen LogP contribution in [0.3, 0.4) is 0 Å². The molecule has 0 aromatic heterocycles. The number of allylic oxidation sites excluding steroid dienone is 1. The molecular weight excluding hydrogens is 640 g/mol. The number of nitrogens with one attached hydrogen (secondary N) is 2. The molecule has 0 aliphatic heterocycles. The van der Waals surface area contributed by atoms with Gasteiger partial charge < -0.3 is 30.7 Å². The quantitative estimate of drug-likeness (QED) is 0.168. The van der Waals surface area contributed by atoms with Crippen LogP contribution in [0.1, 0.15) is 91.9 Å². The number of hydrogen-bond acceptors (Lipinski definition) is 10. The summed E-state index contributed by atoms with van der Waals surface area (Å²) in [5.74, 6) is -3.56. The van der Waals surface area contributed by atoms with Gasteiger partial charge in [-0.05, 0) is 92.1 Å². The molecule has 0 bridgehead atoms. The molecule has 0 saturated heterocycles. The molecule has 48 heavy (non-hydrogen) atoms. The Morgan fingerprint density at radius 1 is 1.06 bits per heavy atom. The van der Waals surface area contributed by atoms with Gasteiger partial charge in [0.05, 0.1) is 12.5 Å². The molecule has 4 rings (SSSR count). The summed E-state index contributed by atoms with van der Waals surface area (Å²) >= 11 is 1.45. The van der Waals surface area contributed by atoms with Crippen molar-refractivity contribution in [1.29, 1.82) is 0 Å². The molecule has 9 atom stereocenters. The normalized spacial score (nSPS) is 33.8. The van der Waals surface area contributed by atoms with Crippen molar-refractivity contribution in [2.45, 2.75) is 116 Å². The van der Waals surface area contributed by atoms with Gasteiger partial charge in [0, 0.05) is 18.3 Å². The molecule has 3 fully saturated rings. The monoisotopic (exact) mass is 692 g/mol. The zero-order valence-corrected chi connectivity index (χ0v) is 29.5. The molecular formula is C35H52N2O10S. The van der Waals surface area contributed by atoms with E-state index in [2.05, 4.69) is 17.6 Å². The van der Waals surface area contributed by atoms with E-state index in [4.69, 9.17) is 4.74 Å². The number of fused-ring (bicyclic) bond motifs is 5.